The summed E-state index contributed by atoms with van der Waals surface area (Å²) in [6.45, 7) is 1.63. The van der Waals surface area contributed by atoms with Crippen LogP contribution in [0.15, 0.2) is 18.3 Å². The average molecular weight is 290 g/mol. The van der Waals surface area contributed by atoms with E-state index in [4.69, 9.17) is 5.73 Å². The number of rotatable bonds is 6. The normalized spacial score (nSPS) is 15.7. The third-order valence-corrected chi connectivity index (χ3v) is 4.15. The molecule has 1 aromatic rings. The molecule has 0 atom stereocenters. The zero-order valence-electron chi connectivity index (χ0n) is 12.8. The van der Waals surface area contributed by atoms with Crippen molar-refractivity contribution in [3.8, 4) is 0 Å². The van der Waals surface area contributed by atoms with E-state index in [0.29, 0.717) is 18.3 Å². The van der Waals surface area contributed by atoms with Gasteiger partial charge in [-0.2, -0.15) is 0 Å². The fraction of sp³-hybridized carbons (Fsp3) is 0.625. The van der Waals surface area contributed by atoms with Crippen LogP contribution >= 0.6 is 0 Å². The number of nitrogens with two attached hydrogens (primary N) is 1. The average Bonchev–Trinajstić information content (AvgIpc) is 2.56. The molecule has 5 nitrogen and oxygen atoms in total. The minimum Gasteiger partial charge on any atom is -0.368 e. The van der Waals surface area contributed by atoms with E-state index in [2.05, 4.69) is 15.2 Å². The monoisotopic (exact) mass is 290 g/mol. The Morgan fingerprint density at radius 2 is 2.19 bits per heavy atom. The summed E-state index contributed by atoms with van der Waals surface area (Å²) in [5, 5.41) is 2.63. The van der Waals surface area contributed by atoms with Crippen molar-refractivity contribution >= 4 is 11.6 Å². The molecule has 0 unspecified atom stereocenters. The van der Waals surface area contributed by atoms with Crippen molar-refractivity contribution in [2.75, 3.05) is 25.0 Å². The molecule has 0 radical (unpaired) electrons. The number of aromatic nitrogens is 1. The summed E-state index contributed by atoms with van der Waals surface area (Å²) in [4.78, 5) is 18.3. The van der Waals surface area contributed by atoms with Crippen LogP contribution in [0.2, 0.25) is 0 Å². The van der Waals surface area contributed by atoms with Gasteiger partial charge >= 0.3 is 0 Å². The summed E-state index contributed by atoms with van der Waals surface area (Å²) >= 11 is 0. The van der Waals surface area contributed by atoms with E-state index in [9.17, 15) is 4.79 Å². The maximum absolute atomic E-state index is 11.8. The van der Waals surface area contributed by atoms with Crippen LogP contribution in [0.5, 0.6) is 0 Å². The molecular formula is C16H26N4O. The van der Waals surface area contributed by atoms with Gasteiger partial charge < -0.3 is 16.0 Å². The summed E-state index contributed by atoms with van der Waals surface area (Å²) < 4.78 is 0. The lowest BCUT2D eigenvalue weighted by atomic mass is 9.93. The van der Waals surface area contributed by atoms with Crippen LogP contribution in [-0.4, -0.2) is 37.1 Å². The van der Waals surface area contributed by atoms with Crippen molar-refractivity contribution in [1.82, 2.24) is 10.3 Å². The van der Waals surface area contributed by atoms with Crippen molar-refractivity contribution < 1.29 is 4.79 Å². The number of carbonyl (C=O) groups is 1. The summed E-state index contributed by atoms with van der Waals surface area (Å²) in [5.74, 6) is -0.140. The van der Waals surface area contributed by atoms with Crippen LogP contribution in [0, 0.1) is 0 Å². The first kappa shape index (κ1) is 15.8. The molecule has 0 aromatic carbocycles. The smallest absolute Gasteiger partial charge is 0.269 e. The number of amides is 1. The van der Waals surface area contributed by atoms with Crippen LogP contribution in [0.4, 0.5) is 5.69 Å². The SMILES string of the molecule is CNC(=O)c1cc(N(CCCN)C2CCCCC2)ccn1. The number of carbonyl (C=O) groups excluding carboxylic acids is 1. The summed E-state index contributed by atoms with van der Waals surface area (Å²) in [6.07, 6.45) is 9.05. The van der Waals surface area contributed by atoms with E-state index in [0.717, 1.165) is 18.7 Å². The van der Waals surface area contributed by atoms with Gasteiger partial charge in [0, 0.05) is 31.5 Å². The van der Waals surface area contributed by atoms with E-state index >= 15 is 0 Å². The Kier molecular flexibility index (Phi) is 5.99. The highest BCUT2D eigenvalue weighted by molar-refractivity contribution is 5.92. The van der Waals surface area contributed by atoms with E-state index in [1.807, 2.05) is 12.1 Å². The quantitative estimate of drug-likeness (QED) is 0.840. The fourth-order valence-electron chi connectivity index (χ4n) is 3.03. The first-order chi connectivity index (χ1) is 10.3. The number of nitrogens with one attached hydrogen (secondary N) is 1. The standard InChI is InChI=1S/C16H26N4O/c1-18-16(21)15-12-14(8-10-19-15)20(11-5-9-17)13-6-3-2-4-7-13/h8,10,12-13H,2-7,9,11,17H2,1H3,(H,18,21). The van der Waals surface area contributed by atoms with Crippen LogP contribution < -0.4 is 16.0 Å². The van der Waals surface area contributed by atoms with Crippen molar-refractivity contribution in [3.63, 3.8) is 0 Å². The summed E-state index contributed by atoms with van der Waals surface area (Å²) in [6, 6.07) is 4.45. The number of nitrogens with zero attached hydrogens (tertiary/aromatic N) is 2. The van der Waals surface area contributed by atoms with Crippen LogP contribution in [-0.2, 0) is 0 Å². The second-order valence-electron chi connectivity index (χ2n) is 5.61. The molecule has 1 saturated carbocycles. The van der Waals surface area contributed by atoms with Crippen molar-refractivity contribution in [3.05, 3.63) is 24.0 Å². The third-order valence-electron chi connectivity index (χ3n) is 4.15. The molecule has 0 bridgehead atoms. The molecule has 1 heterocycles. The third kappa shape index (κ3) is 4.17. The molecule has 0 saturated heterocycles. The molecule has 3 N–H and O–H groups in total. The lowest BCUT2D eigenvalue weighted by Crippen LogP contribution is -2.38. The Morgan fingerprint density at radius 3 is 2.86 bits per heavy atom. The number of hydrogen-bond donors (Lipinski definition) is 2. The van der Waals surface area contributed by atoms with Gasteiger partial charge in [0.05, 0.1) is 0 Å². The van der Waals surface area contributed by atoms with E-state index in [1.54, 1.807) is 13.2 Å². The van der Waals surface area contributed by atoms with Crippen LogP contribution in [0.1, 0.15) is 49.0 Å². The first-order valence-electron chi connectivity index (χ1n) is 7.91. The van der Waals surface area contributed by atoms with Crippen molar-refractivity contribution in [2.24, 2.45) is 5.73 Å². The minimum absolute atomic E-state index is 0.140. The zero-order chi connectivity index (χ0) is 15.1. The van der Waals surface area contributed by atoms with Crippen molar-refractivity contribution in [1.29, 1.82) is 0 Å². The Balaban J connectivity index is 2.20. The molecule has 1 amide bonds. The van der Waals surface area contributed by atoms with Gasteiger partial charge in [-0.25, -0.2) is 0 Å². The van der Waals surface area contributed by atoms with Gasteiger partial charge in [0.1, 0.15) is 5.69 Å². The Morgan fingerprint density at radius 1 is 1.43 bits per heavy atom. The number of hydrogen-bond acceptors (Lipinski definition) is 4. The molecule has 0 spiro atoms. The largest absolute Gasteiger partial charge is 0.368 e. The van der Waals surface area contributed by atoms with E-state index in [1.165, 1.54) is 32.1 Å². The van der Waals surface area contributed by atoms with Gasteiger partial charge in [0.25, 0.3) is 5.91 Å². The van der Waals surface area contributed by atoms with Crippen LogP contribution in [0.3, 0.4) is 0 Å². The highest BCUT2D eigenvalue weighted by atomic mass is 16.1. The summed E-state index contributed by atoms with van der Waals surface area (Å²) in [7, 11) is 1.63. The molecule has 1 aliphatic rings. The molecule has 21 heavy (non-hydrogen) atoms. The molecule has 1 aliphatic carbocycles. The maximum Gasteiger partial charge on any atom is 0.269 e. The highest BCUT2D eigenvalue weighted by Crippen LogP contribution is 2.27. The lowest BCUT2D eigenvalue weighted by Gasteiger charge is -2.36. The Labute approximate surface area is 126 Å². The lowest BCUT2D eigenvalue weighted by molar-refractivity contribution is 0.0958. The highest BCUT2D eigenvalue weighted by Gasteiger charge is 2.21. The molecule has 116 valence electrons. The molecular weight excluding hydrogens is 264 g/mol. The predicted octanol–water partition coefficient (Wildman–Crippen LogP) is 1.93. The van der Waals surface area contributed by atoms with Crippen molar-refractivity contribution in [2.45, 2.75) is 44.6 Å². The van der Waals surface area contributed by atoms with Crippen LogP contribution in [0.25, 0.3) is 0 Å². The fourth-order valence-corrected chi connectivity index (χ4v) is 3.03. The van der Waals surface area contributed by atoms with Gasteiger partial charge in [-0.05, 0) is 37.9 Å². The predicted molar refractivity (Wildman–Crippen MR) is 85.5 cm³/mol. The minimum atomic E-state index is -0.140. The van der Waals surface area contributed by atoms with Gasteiger partial charge in [-0.15, -0.1) is 0 Å². The Hall–Kier alpha value is -1.62. The second kappa shape index (κ2) is 7.98. The van der Waals surface area contributed by atoms with E-state index < -0.39 is 0 Å². The maximum atomic E-state index is 11.8. The van der Waals surface area contributed by atoms with Gasteiger partial charge in [0.2, 0.25) is 0 Å². The molecule has 0 aliphatic heterocycles. The Bertz CT molecular complexity index is 457. The van der Waals surface area contributed by atoms with E-state index in [-0.39, 0.29) is 5.91 Å². The molecule has 1 aromatic heterocycles. The van der Waals surface area contributed by atoms with Gasteiger partial charge in [-0.3, -0.25) is 9.78 Å². The number of pyridine rings is 1. The zero-order valence-corrected chi connectivity index (χ0v) is 12.8. The number of anilines is 1. The molecule has 1 fully saturated rings. The molecule has 5 heteroatoms. The topological polar surface area (TPSA) is 71.2 Å². The summed E-state index contributed by atoms with van der Waals surface area (Å²) in [5.41, 5.74) is 7.24. The van der Waals surface area contributed by atoms with Gasteiger partial charge in [0.15, 0.2) is 0 Å². The second-order valence-corrected chi connectivity index (χ2v) is 5.61. The molecule has 2 rings (SSSR count). The first-order valence-corrected chi connectivity index (χ1v) is 7.91. The van der Waals surface area contributed by atoms with Gasteiger partial charge in [-0.1, -0.05) is 19.3 Å².